The average molecular weight is 280 g/mol. The highest BCUT2D eigenvalue weighted by molar-refractivity contribution is 5.29. The molecule has 0 bridgehead atoms. The number of rotatable bonds is 4. The van der Waals surface area contributed by atoms with Crippen LogP contribution in [0.15, 0.2) is 54.6 Å². The lowest BCUT2D eigenvalue weighted by atomic mass is 9.95. The number of benzene rings is 2. The molecule has 0 amide bonds. The van der Waals surface area contributed by atoms with E-state index in [-0.39, 0.29) is 6.04 Å². The number of hydrogen-bond donors (Lipinski definition) is 1. The highest BCUT2D eigenvalue weighted by Gasteiger charge is 2.24. The molecule has 1 aliphatic rings. The maximum Gasteiger partial charge on any atom is 0.0266 e. The van der Waals surface area contributed by atoms with Gasteiger partial charge in [0.25, 0.3) is 0 Å². The van der Waals surface area contributed by atoms with Crippen LogP contribution in [0.2, 0.25) is 0 Å². The highest BCUT2D eigenvalue weighted by Crippen LogP contribution is 2.29. The van der Waals surface area contributed by atoms with Gasteiger partial charge in [0.15, 0.2) is 0 Å². The third-order valence-corrected chi connectivity index (χ3v) is 4.43. The first kappa shape index (κ1) is 14.3. The normalized spacial score (nSPS) is 20.6. The van der Waals surface area contributed by atoms with Gasteiger partial charge >= 0.3 is 0 Å². The zero-order valence-electron chi connectivity index (χ0n) is 12.7. The minimum atomic E-state index is 0.117. The second-order valence-corrected chi connectivity index (χ2v) is 6.17. The molecule has 2 aromatic rings. The fourth-order valence-electron chi connectivity index (χ4n) is 3.19. The third-order valence-electron chi connectivity index (χ3n) is 4.43. The van der Waals surface area contributed by atoms with Gasteiger partial charge in [-0.3, -0.25) is 4.90 Å². The summed E-state index contributed by atoms with van der Waals surface area (Å²) in [6.07, 6.45) is 1.25. The van der Waals surface area contributed by atoms with E-state index < -0.39 is 0 Å². The van der Waals surface area contributed by atoms with Gasteiger partial charge in [0.1, 0.15) is 0 Å². The number of hydrogen-bond acceptors (Lipinski definition) is 2. The molecule has 0 saturated carbocycles. The summed E-state index contributed by atoms with van der Waals surface area (Å²) in [7, 11) is 0. The molecule has 2 aromatic carbocycles. The van der Waals surface area contributed by atoms with Crippen LogP contribution in [0.4, 0.5) is 0 Å². The van der Waals surface area contributed by atoms with Crippen LogP contribution in [0, 0.1) is 0 Å². The smallest absolute Gasteiger partial charge is 0.0266 e. The number of nitrogens with two attached hydrogens (primary N) is 1. The summed E-state index contributed by atoms with van der Waals surface area (Å²) in [5.74, 6) is 0.646. The van der Waals surface area contributed by atoms with Crippen LogP contribution in [0.25, 0.3) is 0 Å². The molecular formula is C19H24N2. The molecule has 21 heavy (non-hydrogen) atoms. The molecule has 0 aliphatic carbocycles. The first-order valence-electron chi connectivity index (χ1n) is 7.84. The number of likely N-dealkylation sites (tertiary alicyclic amines) is 1. The van der Waals surface area contributed by atoms with Crippen molar-refractivity contribution in [2.45, 2.75) is 31.8 Å². The summed E-state index contributed by atoms with van der Waals surface area (Å²) in [5, 5.41) is 0. The predicted molar refractivity (Wildman–Crippen MR) is 88.1 cm³/mol. The SMILES string of the molecule is CC(N)c1cccc(C2CCN(Cc3ccccc3)C2)c1. The molecule has 2 nitrogen and oxygen atoms in total. The molecule has 2 unspecified atom stereocenters. The fourth-order valence-corrected chi connectivity index (χ4v) is 3.19. The van der Waals surface area contributed by atoms with E-state index in [1.54, 1.807) is 0 Å². The molecule has 3 rings (SSSR count). The van der Waals surface area contributed by atoms with Gasteiger partial charge in [-0.25, -0.2) is 0 Å². The summed E-state index contributed by atoms with van der Waals surface area (Å²) >= 11 is 0. The van der Waals surface area contributed by atoms with E-state index in [4.69, 9.17) is 5.73 Å². The molecule has 110 valence electrons. The van der Waals surface area contributed by atoms with Crippen LogP contribution in [0.3, 0.4) is 0 Å². The van der Waals surface area contributed by atoms with Crippen molar-refractivity contribution < 1.29 is 0 Å². The molecule has 1 saturated heterocycles. The van der Waals surface area contributed by atoms with Crippen molar-refractivity contribution in [1.82, 2.24) is 4.90 Å². The monoisotopic (exact) mass is 280 g/mol. The average Bonchev–Trinajstić information content (AvgIpc) is 2.97. The van der Waals surface area contributed by atoms with Gasteiger partial charge in [0.05, 0.1) is 0 Å². The van der Waals surface area contributed by atoms with Crippen molar-refractivity contribution in [1.29, 1.82) is 0 Å². The van der Waals surface area contributed by atoms with Gasteiger partial charge in [0.2, 0.25) is 0 Å². The predicted octanol–water partition coefficient (Wildman–Crippen LogP) is 3.70. The molecule has 0 spiro atoms. The molecule has 2 atom stereocenters. The summed E-state index contributed by atoms with van der Waals surface area (Å²) in [4.78, 5) is 2.55. The Balaban J connectivity index is 1.65. The van der Waals surface area contributed by atoms with E-state index in [9.17, 15) is 0 Å². The Bertz CT molecular complexity index is 577. The van der Waals surface area contributed by atoms with Crippen LogP contribution >= 0.6 is 0 Å². The zero-order valence-corrected chi connectivity index (χ0v) is 12.7. The van der Waals surface area contributed by atoms with E-state index in [0.717, 1.165) is 13.1 Å². The minimum Gasteiger partial charge on any atom is -0.324 e. The third kappa shape index (κ3) is 3.52. The first-order chi connectivity index (χ1) is 10.2. The van der Waals surface area contributed by atoms with Gasteiger partial charge in [-0.2, -0.15) is 0 Å². The molecule has 2 N–H and O–H groups in total. The molecular weight excluding hydrogens is 256 g/mol. The molecule has 0 aromatic heterocycles. The van der Waals surface area contributed by atoms with Crippen LogP contribution in [0.1, 0.15) is 42.0 Å². The van der Waals surface area contributed by atoms with Gasteiger partial charge in [-0.1, -0.05) is 54.6 Å². The van der Waals surface area contributed by atoms with Gasteiger partial charge in [-0.15, -0.1) is 0 Å². The Kier molecular flexibility index (Phi) is 4.37. The van der Waals surface area contributed by atoms with Gasteiger partial charge < -0.3 is 5.73 Å². The van der Waals surface area contributed by atoms with E-state index in [1.165, 1.54) is 29.7 Å². The molecule has 1 aliphatic heterocycles. The van der Waals surface area contributed by atoms with Crippen molar-refractivity contribution in [3.8, 4) is 0 Å². The van der Waals surface area contributed by atoms with E-state index in [1.807, 2.05) is 0 Å². The van der Waals surface area contributed by atoms with E-state index >= 15 is 0 Å². The Morgan fingerprint density at radius 1 is 1.14 bits per heavy atom. The topological polar surface area (TPSA) is 29.3 Å². The fraction of sp³-hybridized carbons (Fsp3) is 0.368. The minimum absolute atomic E-state index is 0.117. The van der Waals surface area contributed by atoms with Crippen molar-refractivity contribution in [2.24, 2.45) is 5.73 Å². The van der Waals surface area contributed by atoms with E-state index in [2.05, 4.69) is 66.4 Å². The quantitative estimate of drug-likeness (QED) is 0.925. The second-order valence-electron chi connectivity index (χ2n) is 6.17. The largest absolute Gasteiger partial charge is 0.324 e. The van der Waals surface area contributed by atoms with Crippen molar-refractivity contribution in [3.63, 3.8) is 0 Å². The lowest BCUT2D eigenvalue weighted by Crippen LogP contribution is -2.19. The maximum absolute atomic E-state index is 6.00. The lowest BCUT2D eigenvalue weighted by Gasteiger charge is -2.17. The van der Waals surface area contributed by atoms with Crippen LogP contribution in [-0.4, -0.2) is 18.0 Å². The molecule has 0 radical (unpaired) electrons. The Labute approximate surface area is 127 Å². The van der Waals surface area contributed by atoms with E-state index in [0.29, 0.717) is 5.92 Å². The summed E-state index contributed by atoms with van der Waals surface area (Å²) in [6.45, 7) is 5.44. The highest BCUT2D eigenvalue weighted by atomic mass is 15.1. The molecule has 2 heteroatoms. The zero-order chi connectivity index (χ0) is 14.7. The van der Waals surface area contributed by atoms with Crippen molar-refractivity contribution in [2.75, 3.05) is 13.1 Å². The standard InChI is InChI=1S/C19H24N2/c1-15(20)17-8-5-9-18(12-17)19-10-11-21(14-19)13-16-6-3-2-4-7-16/h2-9,12,15,19H,10-11,13-14,20H2,1H3. The van der Waals surface area contributed by atoms with Gasteiger partial charge in [0, 0.05) is 19.1 Å². The summed E-state index contributed by atoms with van der Waals surface area (Å²) in [5.41, 5.74) is 10.1. The summed E-state index contributed by atoms with van der Waals surface area (Å²) in [6, 6.07) is 19.7. The van der Waals surface area contributed by atoms with Crippen molar-refractivity contribution >= 4 is 0 Å². The second kappa shape index (κ2) is 6.42. The Hall–Kier alpha value is -1.64. The Morgan fingerprint density at radius 2 is 1.95 bits per heavy atom. The number of nitrogens with zero attached hydrogens (tertiary/aromatic N) is 1. The first-order valence-corrected chi connectivity index (χ1v) is 7.84. The molecule has 1 fully saturated rings. The van der Waals surface area contributed by atoms with Crippen LogP contribution < -0.4 is 5.73 Å². The van der Waals surface area contributed by atoms with Crippen LogP contribution in [0.5, 0.6) is 0 Å². The maximum atomic E-state index is 6.00. The van der Waals surface area contributed by atoms with Crippen molar-refractivity contribution in [3.05, 3.63) is 71.3 Å². The summed E-state index contributed by atoms with van der Waals surface area (Å²) < 4.78 is 0. The lowest BCUT2D eigenvalue weighted by molar-refractivity contribution is 0.327. The molecule has 1 heterocycles. The Morgan fingerprint density at radius 3 is 2.71 bits per heavy atom. The van der Waals surface area contributed by atoms with Gasteiger partial charge in [-0.05, 0) is 42.5 Å². The van der Waals surface area contributed by atoms with Crippen LogP contribution in [-0.2, 0) is 6.54 Å².